The summed E-state index contributed by atoms with van der Waals surface area (Å²) in [5.41, 5.74) is 4.57. The molecule has 2 heterocycles. The van der Waals surface area contributed by atoms with Gasteiger partial charge in [-0.1, -0.05) is 54.3 Å². The number of aromatic nitrogens is 3. The Hall–Kier alpha value is -4.17. The third-order valence-electron chi connectivity index (χ3n) is 6.80. The fourth-order valence-electron chi connectivity index (χ4n) is 4.74. The minimum absolute atomic E-state index is 0.0669. The average Bonchev–Trinajstić information content (AvgIpc) is 3.59. The molecule has 2 aromatic carbocycles. The molecule has 38 heavy (non-hydrogen) atoms. The molecule has 2 aromatic heterocycles. The van der Waals surface area contributed by atoms with Crippen LogP contribution in [0.4, 0.5) is 10.5 Å². The lowest BCUT2D eigenvalue weighted by Crippen LogP contribution is -2.30. The normalized spacial score (nSPS) is 13.4. The largest absolute Gasteiger partial charge is 0.507 e. The first-order chi connectivity index (χ1) is 18.4. The van der Waals surface area contributed by atoms with E-state index in [4.69, 9.17) is 11.6 Å². The van der Waals surface area contributed by atoms with Gasteiger partial charge in [0.05, 0.1) is 17.0 Å². The molecule has 9 heteroatoms. The second-order valence-electron chi connectivity index (χ2n) is 9.52. The summed E-state index contributed by atoms with van der Waals surface area (Å²) in [5, 5.41) is 21.2. The van der Waals surface area contributed by atoms with Gasteiger partial charge >= 0.3 is 6.03 Å². The molecule has 0 aliphatic heterocycles. The van der Waals surface area contributed by atoms with Gasteiger partial charge in [-0.15, -0.1) is 0 Å². The van der Waals surface area contributed by atoms with Crippen LogP contribution in [0.15, 0.2) is 66.9 Å². The van der Waals surface area contributed by atoms with Crippen LogP contribution in [0.3, 0.4) is 0 Å². The third-order valence-corrected chi connectivity index (χ3v) is 7.10. The number of rotatable bonds is 6. The number of amides is 2. The standard InChI is InChI=1S/C29H28ClN5O3/c1-18-8-10-19(11-9-18)17-32-29(38)35-25(20-5-2-3-6-20)16-24(34-35)22-13-12-21(15-26(22)36)33-28(37)23-7-4-14-31-27(23)30/h4,7-16,20,36H,2-3,5-6,17H2,1H3,(H,32,38)(H,33,37). The maximum Gasteiger partial charge on any atom is 0.342 e. The van der Waals surface area contributed by atoms with E-state index in [0.717, 1.165) is 42.5 Å². The number of benzene rings is 2. The molecule has 0 spiro atoms. The molecule has 1 fully saturated rings. The van der Waals surface area contributed by atoms with Crippen LogP contribution in [0.1, 0.15) is 58.8 Å². The van der Waals surface area contributed by atoms with Crippen molar-refractivity contribution in [1.82, 2.24) is 20.1 Å². The van der Waals surface area contributed by atoms with Crippen molar-refractivity contribution in [1.29, 1.82) is 0 Å². The second kappa shape index (κ2) is 11.1. The highest BCUT2D eigenvalue weighted by Gasteiger charge is 2.26. The lowest BCUT2D eigenvalue weighted by molar-refractivity contribution is 0.102. The van der Waals surface area contributed by atoms with E-state index in [1.807, 2.05) is 37.3 Å². The Balaban J connectivity index is 1.38. The third kappa shape index (κ3) is 5.55. The first-order valence-corrected chi connectivity index (χ1v) is 13.0. The Morgan fingerprint density at radius 2 is 1.84 bits per heavy atom. The SMILES string of the molecule is Cc1ccc(CNC(=O)n2nc(-c3ccc(NC(=O)c4cccnc4Cl)cc3O)cc2C2CCCC2)cc1. The number of phenolic OH excluding ortho intramolecular Hbond substituents is 1. The van der Waals surface area contributed by atoms with E-state index >= 15 is 0 Å². The molecule has 0 radical (unpaired) electrons. The van der Waals surface area contributed by atoms with E-state index < -0.39 is 5.91 Å². The molecule has 4 aromatic rings. The highest BCUT2D eigenvalue weighted by atomic mass is 35.5. The number of nitrogens with one attached hydrogen (secondary N) is 2. The maximum atomic E-state index is 13.2. The van der Waals surface area contributed by atoms with Gasteiger partial charge in [-0.2, -0.15) is 9.78 Å². The first-order valence-electron chi connectivity index (χ1n) is 12.6. The molecule has 8 nitrogen and oxygen atoms in total. The minimum atomic E-state index is -0.437. The van der Waals surface area contributed by atoms with Gasteiger partial charge < -0.3 is 15.7 Å². The molecule has 194 valence electrons. The van der Waals surface area contributed by atoms with Gasteiger partial charge in [0.1, 0.15) is 10.9 Å². The van der Waals surface area contributed by atoms with Crippen LogP contribution in [0.5, 0.6) is 5.75 Å². The fourth-order valence-corrected chi connectivity index (χ4v) is 4.95. The molecule has 1 aliphatic carbocycles. The number of nitrogens with zero attached hydrogens (tertiary/aromatic N) is 3. The molecular formula is C29H28ClN5O3. The van der Waals surface area contributed by atoms with Crippen LogP contribution in [0, 0.1) is 6.92 Å². The number of carbonyl (C=O) groups excluding carboxylic acids is 2. The number of pyridine rings is 1. The lowest BCUT2D eigenvalue weighted by atomic mass is 10.0. The summed E-state index contributed by atoms with van der Waals surface area (Å²) in [6, 6.07) is 17.5. The van der Waals surface area contributed by atoms with E-state index in [1.165, 1.54) is 16.9 Å². The zero-order chi connectivity index (χ0) is 26.6. The second-order valence-corrected chi connectivity index (χ2v) is 9.88. The van der Waals surface area contributed by atoms with Crippen molar-refractivity contribution in [3.8, 4) is 17.0 Å². The first kappa shape index (κ1) is 25.5. The molecule has 0 bridgehead atoms. The molecule has 1 saturated carbocycles. The van der Waals surface area contributed by atoms with Crippen LogP contribution < -0.4 is 10.6 Å². The molecule has 0 saturated heterocycles. The Morgan fingerprint density at radius 1 is 1.08 bits per heavy atom. The smallest absolute Gasteiger partial charge is 0.342 e. The Morgan fingerprint density at radius 3 is 2.55 bits per heavy atom. The topological polar surface area (TPSA) is 109 Å². The van der Waals surface area contributed by atoms with Gasteiger partial charge in [0.25, 0.3) is 5.91 Å². The molecule has 1 aliphatic rings. The summed E-state index contributed by atoms with van der Waals surface area (Å²) < 4.78 is 1.43. The van der Waals surface area contributed by atoms with Gasteiger partial charge in [0, 0.05) is 36.0 Å². The molecule has 5 rings (SSSR count). The van der Waals surface area contributed by atoms with Crippen LogP contribution in [0.25, 0.3) is 11.3 Å². The predicted octanol–water partition coefficient (Wildman–Crippen LogP) is 6.28. The van der Waals surface area contributed by atoms with Crippen molar-refractivity contribution in [2.45, 2.75) is 45.1 Å². The number of carbonyl (C=O) groups is 2. The van der Waals surface area contributed by atoms with Gasteiger partial charge in [0.15, 0.2) is 0 Å². The number of hydrogen-bond acceptors (Lipinski definition) is 5. The van der Waals surface area contributed by atoms with E-state index in [9.17, 15) is 14.7 Å². The van der Waals surface area contributed by atoms with Crippen molar-refractivity contribution in [3.05, 3.63) is 94.4 Å². The quantitative estimate of drug-likeness (QED) is 0.255. The van der Waals surface area contributed by atoms with Crippen molar-refractivity contribution >= 4 is 29.2 Å². The van der Waals surface area contributed by atoms with Crippen LogP contribution >= 0.6 is 11.6 Å². The van der Waals surface area contributed by atoms with Gasteiger partial charge in [-0.25, -0.2) is 9.78 Å². The van der Waals surface area contributed by atoms with E-state index in [0.29, 0.717) is 23.5 Å². The number of aromatic hydroxyl groups is 1. The summed E-state index contributed by atoms with van der Waals surface area (Å²) >= 11 is 6.02. The number of hydrogen-bond donors (Lipinski definition) is 3. The van der Waals surface area contributed by atoms with E-state index in [-0.39, 0.29) is 28.4 Å². The fraction of sp³-hybridized carbons (Fsp3) is 0.241. The summed E-state index contributed by atoms with van der Waals surface area (Å²) in [6.45, 7) is 2.41. The van der Waals surface area contributed by atoms with Crippen LogP contribution in [0.2, 0.25) is 5.15 Å². The maximum absolute atomic E-state index is 13.2. The Labute approximate surface area is 225 Å². The zero-order valence-corrected chi connectivity index (χ0v) is 21.7. The summed E-state index contributed by atoms with van der Waals surface area (Å²) in [5.74, 6) is -0.276. The summed E-state index contributed by atoms with van der Waals surface area (Å²) in [7, 11) is 0. The Bertz CT molecular complexity index is 1480. The summed E-state index contributed by atoms with van der Waals surface area (Å²) in [4.78, 5) is 29.7. The summed E-state index contributed by atoms with van der Waals surface area (Å²) in [6.07, 6.45) is 5.70. The molecule has 0 atom stereocenters. The monoisotopic (exact) mass is 529 g/mol. The zero-order valence-electron chi connectivity index (χ0n) is 20.9. The van der Waals surface area contributed by atoms with Gasteiger partial charge in [-0.05, 0) is 55.7 Å². The Kier molecular flexibility index (Phi) is 7.42. The molecule has 2 amide bonds. The van der Waals surface area contributed by atoms with Crippen molar-refractivity contribution < 1.29 is 14.7 Å². The van der Waals surface area contributed by atoms with Crippen LogP contribution in [-0.2, 0) is 6.54 Å². The number of halogens is 1. The minimum Gasteiger partial charge on any atom is -0.507 e. The van der Waals surface area contributed by atoms with Crippen molar-refractivity contribution in [3.63, 3.8) is 0 Å². The lowest BCUT2D eigenvalue weighted by Gasteiger charge is -2.12. The number of anilines is 1. The number of phenols is 1. The van der Waals surface area contributed by atoms with E-state index in [2.05, 4.69) is 20.7 Å². The van der Waals surface area contributed by atoms with Crippen molar-refractivity contribution in [2.75, 3.05) is 5.32 Å². The average molecular weight is 530 g/mol. The van der Waals surface area contributed by atoms with Gasteiger partial charge in [-0.3, -0.25) is 4.79 Å². The molecular weight excluding hydrogens is 502 g/mol. The van der Waals surface area contributed by atoms with Crippen molar-refractivity contribution in [2.24, 2.45) is 0 Å². The van der Waals surface area contributed by atoms with Gasteiger partial charge in [0.2, 0.25) is 0 Å². The van der Waals surface area contributed by atoms with Crippen LogP contribution in [-0.4, -0.2) is 31.8 Å². The predicted molar refractivity (Wildman–Crippen MR) is 147 cm³/mol. The highest BCUT2D eigenvalue weighted by molar-refractivity contribution is 6.33. The molecule has 0 unspecified atom stereocenters. The van der Waals surface area contributed by atoms with E-state index in [1.54, 1.807) is 24.3 Å². The molecule has 3 N–H and O–H groups in total. The highest BCUT2D eigenvalue weighted by Crippen LogP contribution is 2.38. The number of aryl methyl sites for hydroxylation is 1.